The van der Waals surface area contributed by atoms with Crippen molar-refractivity contribution < 1.29 is 0 Å². The minimum atomic E-state index is 0.609. The molecule has 0 heterocycles. The van der Waals surface area contributed by atoms with Gasteiger partial charge in [0.1, 0.15) is 0 Å². The zero-order chi connectivity index (χ0) is 15.2. The smallest absolute Gasteiger partial charge is 0.00104 e. The Labute approximate surface area is 131 Å². The van der Waals surface area contributed by atoms with Crippen molar-refractivity contribution in [3.8, 4) is 0 Å². The number of hydrogen-bond acceptors (Lipinski definition) is 1. The van der Waals surface area contributed by atoms with E-state index in [-0.39, 0.29) is 0 Å². The van der Waals surface area contributed by atoms with Gasteiger partial charge >= 0.3 is 0 Å². The van der Waals surface area contributed by atoms with Crippen LogP contribution in [0.2, 0.25) is 0 Å². The second-order valence-corrected chi connectivity index (χ2v) is 7.47. The van der Waals surface area contributed by atoms with Crippen molar-refractivity contribution in [3.63, 3.8) is 0 Å². The van der Waals surface area contributed by atoms with Crippen molar-refractivity contribution in [2.45, 2.75) is 71.8 Å². The molecule has 0 spiro atoms. The first-order valence-corrected chi connectivity index (χ1v) is 8.88. The Balaban J connectivity index is 1.94. The minimum Gasteiger partial charge on any atom is -0.314 e. The lowest BCUT2D eigenvalue weighted by Crippen LogP contribution is -2.34. The van der Waals surface area contributed by atoms with Gasteiger partial charge in [-0.1, -0.05) is 64.8 Å². The van der Waals surface area contributed by atoms with Gasteiger partial charge in [-0.25, -0.2) is 0 Å². The van der Waals surface area contributed by atoms with Crippen LogP contribution in [0, 0.1) is 11.8 Å². The molecule has 1 aliphatic rings. The molecule has 1 heteroatoms. The first kappa shape index (κ1) is 16.5. The Morgan fingerprint density at radius 3 is 2.14 bits per heavy atom. The molecule has 0 aliphatic heterocycles. The second kappa shape index (κ2) is 7.98. The zero-order valence-electron chi connectivity index (χ0n) is 14.4. The fraction of sp³-hybridized carbons (Fsp3) is 0.700. The van der Waals surface area contributed by atoms with Gasteiger partial charge in [0, 0.05) is 6.04 Å². The van der Waals surface area contributed by atoms with E-state index in [1.807, 2.05) is 0 Å². The third-order valence-electron chi connectivity index (χ3n) is 5.00. The van der Waals surface area contributed by atoms with Crippen LogP contribution in [0.5, 0.6) is 0 Å². The van der Waals surface area contributed by atoms with Crippen LogP contribution in [-0.4, -0.2) is 12.6 Å². The quantitative estimate of drug-likeness (QED) is 0.762. The van der Waals surface area contributed by atoms with E-state index in [0.717, 1.165) is 11.8 Å². The molecular formula is C20H33N. The second-order valence-electron chi connectivity index (χ2n) is 7.47. The number of hydrogen-bond donors (Lipinski definition) is 1. The molecule has 0 saturated heterocycles. The van der Waals surface area contributed by atoms with E-state index < -0.39 is 0 Å². The summed E-state index contributed by atoms with van der Waals surface area (Å²) in [5.74, 6) is 2.37. The summed E-state index contributed by atoms with van der Waals surface area (Å²) >= 11 is 0. The van der Waals surface area contributed by atoms with Crippen molar-refractivity contribution in [1.82, 2.24) is 5.32 Å². The van der Waals surface area contributed by atoms with Crippen LogP contribution in [0.4, 0.5) is 0 Å². The lowest BCUT2D eigenvalue weighted by molar-refractivity contribution is 0.224. The Morgan fingerprint density at radius 2 is 1.57 bits per heavy atom. The maximum absolute atomic E-state index is 3.66. The largest absolute Gasteiger partial charge is 0.314 e. The summed E-state index contributed by atoms with van der Waals surface area (Å²) < 4.78 is 0. The molecule has 0 bridgehead atoms. The third kappa shape index (κ3) is 5.14. The van der Waals surface area contributed by atoms with Crippen molar-refractivity contribution >= 4 is 0 Å². The number of rotatable bonds is 6. The molecular weight excluding hydrogens is 254 g/mol. The Kier molecular flexibility index (Phi) is 6.29. The molecule has 21 heavy (non-hydrogen) atoms. The SMILES string of the molecule is CC(C)NCC1CCCCC1Cc1ccc(C(C)C)cc1. The van der Waals surface area contributed by atoms with Crippen LogP contribution in [0.1, 0.15) is 70.4 Å². The van der Waals surface area contributed by atoms with Gasteiger partial charge in [0.05, 0.1) is 0 Å². The van der Waals surface area contributed by atoms with Gasteiger partial charge in [0.15, 0.2) is 0 Å². The maximum Gasteiger partial charge on any atom is 0.00104 e. The van der Waals surface area contributed by atoms with Gasteiger partial charge in [-0.2, -0.15) is 0 Å². The highest BCUT2D eigenvalue weighted by Crippen LogP contribution is 2.32. The van der Waals surface area contributed by atoms with Crippen LogP contribution >= 0.6 is 0 Å². The first-order chi connectivity index (χ1) is 10.1. The molecule has 118 valence electrons. The van der Waals surface area contributed by atoms with E-state index in [2.05, 4.69) is 57.3 Å². The lowest BCUT2D eigenvalue weighted by Gasteiger charge is -2.32. The first-order valence-electron chi connectivity index (χ1n) is 8.88. The fourth-order valence-electron chi connectivity index (χ4n) is 3.55. The Bertz CT molecular complexity index is 404. The summed E-state index contributed by atoms with van der Waals surface area (Å²) in [5.41, 5.74) is 2.99. The molecule has 1 aromatic carbocycles. The molecule has 1 nitrogen and oxygen atoms in total. The van der Waals surface area contributed by atoms with Crippen LogP contribution < -0.4 is 5.32 Å². The third-order valence-corrected chi connectivity index (χ3v) is 5.00. The summed E-state index contributed by atoms with van der Waals surface area (Å²) in [6, 6.07) is 9.97. The average molecular weight is 287 g/mol. The molecule has 1 aromatic rings. The standard InChI is InChI=1S/C20H33N/c1-15(2)18-11-9-17(10-12-18)13-19-7-5-6-8-20(19)14-21-16(3)4/h9-12,15-16,19-21H,5-8,13-14H2,1-4H3. The monoisotopic (exact) mass is 287 g/mol. The normalized spacial score (nSPS) is 23.0. The van der Waals surface area contributed by atoms with Crippen molar-refractivity contribution in [1.29, 1.82) is 0 Å². The van der Waals surface area contributed by atoms with Crippen molar-refractivity contribution in [2.75, 3.05) is 6.54 Å². The molecule has 1 fully saturated rings. The highest BCUT2D eigenvalue weighted by atomic mass is 14.9. The molecule has 1 aliphatic carbocycles. The summed E-state index contributed by atoms with van der Waals surface area (Å²) in [6.07, 6.45) is 6.94. The Morgan fingerprint density at radius 1 is 0.952 bits per heavy atom. The van der Waals surface area contributed by atoms with Gasteiger partial charge in [0.25, 0.3) is 0 Å². The van der Waals surface area contributed by atoms with Crippen LogP contribution in [0.3, 0.4) is 0 Å². The van der Waals surface area contributed by atoms with Gasteiger partial charge < -0.3 is 5.32 Å². The summed E-state index contributed by atoms with van der Waals surface area (Å²) in [7, 11) is 0. The molecule has 0 radical (unpaired) electrons. The van der Waals surface area contributed by atoms with Gasteiger partial charge in [-0.05, 0) is 54.7 Å². The van der Waals surface area contributed by atoms with Gasteiger partial charge in [0.2, 0.25) is 0 Å². The van der Waals surface area contributed by atoms with E-state index in [9.17, 15) is 0 Å². The topological polar surface area (TPSA) is 12.0 Å². The lowest BCUT2D eigenvalue weighted by atomic mass is 9.76. The van der Waals surface area contributed by atoms with E-state index in [1.165, 1.54) is 49.8 Å². The summed E-state index contributed by atoms with van der Waals surface area (Å²) in [4.78, 5) is 0. The summed E-state index contributed by atoms with van der Waals surface area (Å²) in [5, 5.41) is 3.66. The van der Waals surface area contributed by atoms with Crippen LogP contribution in [0.15, 0.2) is 24.3 Å². The van der Waals surface area contributed by atoms with Gasteiger partial charge in [-0.15, -0.1) is 0 Å². The predicted octanol–water partition coefficient (Wildman–Crippen LogP) is 5.16. The highest BCUT2D eigenvalue weighted by molar-refractivity contribution is 5.25. The molecule has 2 rings (SSSR count). The van der Waals surface area contributed by atoms with Crippen LogP contribution in [0.25, 0.3) is 0 Å². The molecule has 2 atom stereocenters. The van der Waals surface area contributed by atoms with Crippen molar-refractivity contribution in [2.24, 2.45) is 11.8 Å². The predicted molar refractivity (Wildman–Crippen MR) is 92.8 cm³/mol. The fourth-order valence-corrected chi connectivity index (χ4v) is 3.55. The molecule has 0 aromatic heterocycles. The van der Waals surface area contributed by atoms with E-state index in [0.29, 0.717) is 12.0 Å². The molecule has 1 N–H and O–H groups in total. The molecule has 1 saturated carbocycles. The minimum absolute atomic E-state index is 0.609. The highest BCUT2D eigenvalue weighted by Gasteiger charge is 2.25. The maximum atomic E-state index is 3.66. The van der Waals surface area contributed by atoms with E-state index in [4.69, 9.17) is 0 Å². The summed E-state index contributed by atoms with van der Waals surface area (Å²) in [6.45, 7) is 10.2. The Hall–Kier alpha value is -0.820. The van der Waals surface area contributed by atoms with Gasteiger partial charge in [-0.3, -0.25) is 0 Å². The zero-order valence-corrected chi connectivity index (χ0v) is 14.4. The van der Waals surface area contributed by atoms with Crippen LogP contribution in [-0.2, 0) is 6.42 Å². The van der Waals surface area contributed by atoms with E-state index >= 15 is 0 Å². The number of nitrogens with one attached hydrogen (secondary N) is 1. The molecule has 2 unspecified atom stereocenters. The van der Waals surface area contributed by atoms with E-state index in [1.54, 1.807) is 0 Å². The number of benzene rings is 1. The average Bonchev–Trinajstić information content (AvgIpc) is 2.47. The van der Waals surface area contributed by atoms with Crippen molar-refractivity contribution in [3.05, 3.63) is 35.4 Å². The molecule has 0 amide bonds.